The predicted octanol–water partition coefficient (Wildman–Crippen LogP) is 2.47. The Morgan fingerprint density at radius 3 is 2.62 bits per heavy atom. The topological polar surface area (TPSA) is 41.6 Å². The summed E-state index contributed by atoms with van der Waals surface area (Å²) in [4.78, 5) is 13.2. The van der Waals surface area contributed by atoms with Crippen molar-refractivity contribution in [3.63, 3.8) is 0 Å². The molecule has 1 aromatic rings. The summed E-state index contributed by atoms with van der Waals surface area (Å²) in [5, 5.41) is 2.75. The summed E-state index contributed by atoms with van der Waals surface area (Å²) in [6, 6.07) is 5.14. The highest BCUT2D eigenvalue weighted by molar-refractivity contribution is 5.75. The average molecular weight is 294 g/mol. The van der Waals surface area contributed by atoms with Gasteiger partial charge in [0.2, 0.25) is 5.91 Å². The minimum absolute atomic E-state index is 0.0321. The van der Waals surface area contributed by atoms with Gasteiger partial charge in [0.25, 0.3) is 0 Å². The first kappa shape index (κ1) is 15.8. The molecule has 0 aromatic heterocycles. The number of carbonyl (C=O) groups excluding carboxylic acids is 1. The second-order valence-electron chi connectivity index (χ2n) is 5.58. The van der Waals surface area contributed by atoms with Gasteiger partial charge < -0.3 is 15.0 Å². The molecule has 2 rings (SSSR count). The zero-order valence-corrected chi connectivity index (χ0v) is 12.9. The van der Waals surface area contributed by atoms with Crippen LogP contribution in [0, 0.1) is 5.82 Å². The molecule has 0 aliphatic carbocycles. The molecule has 21 heavy (non-hydrogen) atoms. The number of nitrogens with one attached hydrogen (secondary N) is 1. The molecule has 1 heterocycles. The number of morpholine rings is 1. The van der Waals surface area contributed by atoms with Crippen LogP contribution >= 0.6 is 0 Å². The second-order valence-corrected chi connectivity index (χ2v) is 5.58. The maximum atomic E-state index is 14.3. The van der Waals surface area contributed by atoms with E-state index in [1.165, 1.54) is 6.07 Å². The summed E-state index contributed by atoms with van der Waals surface area (Å²) in [7, 11) is 0. The minimum Gasteiger partial charge on any atom is -0.372 e. The van der Waals surface area contributed by atoms with E-state index in [2.05, 4.69) is 5.32 Å². The van der Waals surface area contributed by atoms with Gasteiger partial charge in [-0.25, -0.2) is 4.39 Å². The van der Waals surface area contributed by atoms with Crippen molar-refractivity contribution in [3.8, 4) is 0 Å². The van der Waals surface area contributed by atoms with Crippen molar-refractivity contribution in [1.29, 1.82) is 0 Å². The van der Waals surface area contributed by atoms with E-state index >= 15 is 0 Å². The third kappa shape index (κ3) is 4.17. The Labute approximate surface area is 125 Å². The maximum Gasteiger partial charge on any atom is 0.219 e. The number of hydrogen-bond donors (Lipinski definition) is 1. The van der Waals surface area contributed by atoms with Gasteiger partial charge in [-0.3, -0.25) is 4.79 Å². The number of nitrogens with zero attached hydrogens (tertiary/aromatic N) is 1. The maximum absolute atomic E-state index is 14.3. The van der Waals surface area contributed by atoms with Crippen molar-refractivity contribution in [3.05, 3.63) is 29.6 Å². The lowest BCUT2D eigenvalue weighted by molar-refractivity contribution is -0.120. The molecular weight excluding hydrogens is 271 g/mol. The van der Waals surface area contributed by atoms with E-state index in [0.29, 0.717) is 31.7 Å². The standard InChI is InChI=1S/C16H23FN2O2/c1-4-16(20)18-8-13-5-6-15(14(17)7-13)19-9-11(2)21-12(3)10-19/h5-7,11-12H,4,8-10H2,1-3H3,(H,18,20). The second kappa shape index (κ2) is 6.89. The van der Waals surface area contributed by atoms with Crippen molar-refractivity contribution in [1.82, 2.24) is 5.32 Å². The van der Waals surface area contributed by atoms with Crippen molar-refractivity contribution in [2.45, 2.75) is 45.9 Å². The van der Waals surface area contributed by atoms with Gasteiger partial charge in [0.05, 0.1) is 17.9 Å². The van der Waals surface area contributed by atoms with Crippen LogP contribution in [-0.4, -0.2) is 31.2 Å². The Bertz CT molecular complexity index is 497. The van der Waals surface area contributed by atoms with Gasteiger partial charge in [-0.2, -0.15) is 0 Å². The fourth-order valence-corrected chi connectivity index (χ4v) is 2.62. The molecule has 1 aromatic carbocycles. The number of benzene rings is 1. The van der Waals surface area contributed by atoms with E-state index in [0.717, 1.165) is 5.56 Å². The Hall–Kier alpha value is -1.62. The summed E-state index contributed by atoms with van der Waals surface area (Å²) >= 11 is 0. The van der Waals surface area contributed by atoms with Crippen LogP contribution in [0.1, 0.15) is 32.8 Å². The van der Waals surface area contributed by atoms with Crippen LogP contribution in [0.15, 0.2) is 18.2 Å². The fraction of sp³-hybridized carbons (Fsp3) is 0.562. The largest absolute Gasteiger partial charge is 0.372 e. The number of carbonyl (C=O) groups is 1. The summed E-state index contributed by atoms with van der Waals surface area (Å²) in [5.41, 5.74) is 1.37. The SMILES string of the molecule is CCC(=O)NCc1ccc(N2CC(C)OC(C)C2)c(F)c1. The molecule has 0 spiro atoms. The highest BCUT2D eigenvalue weighted by Crippen LogP contribution is 2.24. The van der Waals surface area contributed by atoms with Crippen LogP contribution in [0.3, 0.4) is 0 Å². The molecule has 1 fully saturated rings. The summed E-state index contributed by atoms with van der Waals surface area (Å²) < 4.78 is 20.0. The van der Waals surface area contributed by atoms with Gasteiger partial charge in [0.15, 0.2) is 0 Å². The smallest absolute Gasteiger partial charge is 0.219 e. The number of anilines is 1. The summed E-state index contributed by atoms with van der Waals surface area (Å²) in [6.07, 6.45) is 0.623. The van der Waals surface area contributed by atoms with Crippen LogP contribution in [0.25, 0.3) is 0 Å². The molecule has 116 valence electrons. The number of amides is 1. The molecule has 1 aliphatic rings. The molecule has 1 aliphatic heterocycles. The van der Waals surface area contributed by atoms with Gasteiger partial charge in [-0.1, -0.05) is 13.0 Å². The molecule has 5 heteroatoms. The molecule has 4 nitrogen and oxygen atoms in total. The quantitative estimate of drug-likeness (QED) is 0.927. The minimum atomic E-state index is -0.250. The molecule has 1 N–H and O–H groups in total. The van der Waals surface area contributed by atoms with Gasteiger partial charge in [-0.15, -0.1) is 0 Å². The number of halogens is 1. The predicted molar refractivity (Wildman–Crippen MR) is 80.8 cm³/mol. The molecule has 0 radical (unpaired) electrons. The van der Waals surface area contributed by atoms with E-state index in [1.54, 1.807) is 13.0 Å². The zero-order chi connectivity index (χ0) is 15.4. The van der Waals surface area contributed by atoms with E-state index in [4.69, 9.17) is 4.74 Å². The Kier molecular flexibility index (Phi) is 5.17. The van der Waals surface area contributed by atoms with Crippen LogP contribution in [0.4, 0.5) is 10.1 Å². The Balaban J connectivity index is 2.06. The number of hydrogen-bond acceptors (Lipinski definition) is 3. The highest BCUT2D eigenvalue weighted by atomic mass is 19.1. The van der Waals surface area contributed by atoms with Crippen molar-refractivity contribution < 1.29 is 13.9 Å². The van der Waals surface area contributed by atoms with E-state index in [9.17, 15) is 9.18 Å². The first-order chi connectivity index (χ1) is 9.99. The van der Waals surface area contributed by atoms with Crippen molar-refractivity contribution >= 4 is 11.6 Å². The van der Waals surface area contributed by atoms with E-state index in [1.807, 2.05) is 24.8 Å². The lowest BCUT2D eigenvalue weighted by Gasteiger charge is -2.37. The third-order valence-corrected chi connectivity index (χ3v) is 3.58. The summed E-state index contributed by atoms with van der Waals surface area (Å²) in [6.45, 7) is 7.52. The molecule has 2 atom stereocenters. The normalized spacial score (nSPS) is 22.2. The Morgan fingerprint density at radius 1 is 1.38 bits per heavy atom. The van der Waals surface area contributed by atoms with E-state index < -0.39 is 0 Å². The molecule has 2 unspecified atom stereocenters. The Morgan fingerprint density at radius 2 is 2.05 bits per heavy atom. The summed E-state index contributed by atoms with van der Waals surface area (Å²) in [5.74, 6) is -0.283. The van der Waals surface area contributed by atoms with Gasteiger partial charge in [0, 0.05) is 26.1 Å². The third-order valence-electron chi connectivity index (χ3n) is 3.58. The van der Waals surface area contributed by atoms with Crippen molar-refractivity contribution in [2.24, 2.45) is 0 Å². The van der Waals surface area contributed by atoms with Gasteiger partial charge in [-0.05, 0) is 31.5 Å². The molecular formula is C16H23FN2O2. The molecule has 1 saturated heterocycles. The van der Waals surface area contributed by atoms with Gasteiger partial charge >= 0.3 is 0 Å². The lowest BCUT2D eigenvalue weighted by atomic mass is 10.1. The van der Waals surface area contributed by atoms with E-state index in [-0.39, 0.29) is 23.9 Å². The lowest BCUT2D eigenvalue weighted by Crippen LogP contribution is -2.45. The molecule has 1 amide bonds. The highest BCUT2D eigenvalue weighted by Gasteiger charge is 2.24. The molecule has 0 bridgehead atoms. The number of rotatable bonds is 4. The molecule has 0 saturated carbocycles. The first-order valence-corrected chi connectivity index (χ1v) is 7.45. The van der Waals surface area contributed by atoms with Gasteiger partial charge in [0.1, 0.15) is 5.82 Å². The average Bonchev–Trinajstić information content (AvgIpc) is 2.43. The van der Waals surface area contributed by atoms with Crippen LogP contribution in [0.5, 0.6) is 0 Å². The number of ether oxygens (including phenoxy) is 1. The van der Waals surface area contributed by atoms with Crippen LogP contribution in [-0.2, 0) is 16.1 Å². The van der Waals surface area contributed by atoms with Crippen LogP contribution < -0.4 is 10.2 Å². The fourth-order valence-electron chi connectivity index (χ4n) is 2.62. The van der Waals surface area contributed by atoms with Crippen LogP contribution in [0.2, 0.25) is 0 Å². The first-order valence-electron chi connectivity index (χ1n) is 7.45. The van der Waals surface area contributed by atoms with Crippen molar-refractivity contribution in [2.75, 3.05) is 18.0 Å². The zero-order valence-electron chi connectivity index (χ0n) is 12.9. The monoisotopic (exact) mass is 294 g/mol.